The van der Waals surface area contributed by atoms with Crippen LogP contribution in [0.4, 0.5) is 0 Å². The molecule has 1 aliphatic carbocycles. The highest BCUT2D eigenvalue weighted by molar-refractivity contribution is 5.84. The van der Waals surface area contributed by atoms with Crippen molar-refractivity contribution in [2.45, 2.75) is 50.5 Å². The maximum atomic E-state index is 6.22. The largest absolute Gasteiger partial charge is 0.347 e. The van der Waals surface area contributed by atoms with Crippen LogP contribution in [0.3, 0.4) is 0 Å². The van der Waals surface area contributed by atoms with E-state index in [1.54, 1.807) is 0 Å². The summed E-state index contributed by atoms with van der Waals surface area (Å²) in [6, 6.07) is 8.45. The lowest BCUT2D eigenvalue weighted by atomic mass is 9.94. The van der Waals surface area contributed by atoms with Gasteiger partial charge in [0, 0.05) is 43.7 Å². The Labute approximate surface area is 137 Å². The van der Waals surface area contributed by atoms with Gasteiger partial charge in [-0.2, -0.15) is 0 Å². The number of fused-ring (bicyclic) bond motifs is 1. The zero-order chi connectivity index (χ0) is 15.5. The van der Waals surface area contributed by atoms with Gasteiger partial charge in [-0.3, -0.25) is 4.98 Å². The first-order valence-corrected chi connectivity index (χ1v) is 8.69. The van der Waals surface area contributed by atoms with Gasteiger partial charge in [-0.1, -0.05) is 24.6 Å². The van der Waals surface area contributed by atoms with Gasteiger partial charge in [0.2, 0.25) is 0 Å². The molecule has 1 saturated carbocycles. The van der Waals surface area contributed by atoms with Crippen LogP contribution in [0.2, 0.25) is 0 Å². The lowest BCUT2D eigenvalue weighted by Gasteiger charge is -2.31. The number of nitrogens with one attached hydrogen (secondary N) is 1. The molecule has 2 aromatic rings. The molecule has 4 nitrogen and oxygen atoms in total. The number of rotatable bonds is 4. The van der Waals surface area contributed by atoms with Crippen molar-refractivity contribution in [1.82, 2.24) is 10.3 Å². The molecular weight excluding hydrogens is 288 g/mol. The Bertz CT molecular complexity index is 662. The summed E-state index contributed by atoms with van der Waals surface area (Å²) in [5.74, 6) is -0.268. The molecule has 2 aliphatic rings. The van der Waals surface area contributed by atoms with Crippen LogP contribution in [-0.4, -0.2) is 30.0 Å². The van der Waals surface area contributed by atoms with E-state index >= 15 is 0 Å². The van der Waals surface area contributed by atoms with E-state index in [1.807, 2.05) is 12.4 Å². The molecule has 2 heterocycles. The van der Waals surface area contributed by atoms with Crippen LogP contribution in [0.1, 0.15) is 37.7 Å². The summed E-state index contributed by atoms with van der Waals surface area (Å²) in [6.45, 7) is 2.39. The lowest BCUT2D eigenvalue weighted by Crippen LogP contribution is -2.35. The van der Waals surface area contributed by atoms with E-state index in [0.717, 1.165) is 25.9 Å². The summed E-state index contributed by atoms with van der Waals surface area (Å²) in [6.07, 6.45) is 9.82. The Kier molecular flexibility index (Phi) is 4.29. The van der Waals surface area contributed by atoms with Crippen LogP contribution in [-0.2, 0) is 16.0 Å². The average molecular weight is 312 g/mol. The van der Waals surface area contributed by atoms with E-state index in [-0.39, 0.29) is 11.9 Å². The molecule has 4 rings (SSSR count). The second kappa shape index (κ2) is 6.56. The fraction of sp³-hybridized carbons (Fsp3) is 0.526. The number of aromatic nitrogens is 1. The first-order chi connectivity index (χ1) is 11.3. The van der Waals surface area contributed by atoms with E-state index in [4.69, 9.17) is 9.47 Å². The Hall–Kier alpha value is -1.49. The minimum Gasteiger partial charge on any atom is -0.347 e. The van der Waals surface area contributed by atoms with E-state index in [0.29, 0.717) is 6.61 Å². The van der Waals surface area contributed by atoms with Crippen molar-refractivity contribution < 1.29 is 9.47 Å². The molecule has 1 atom stereocenters. The SMILES string of the molecule is c1cc(CNC[C@@H]2COC3(CCCCC3)O2)c2ccncc2c1. The standard InChI is InChI=1S/C19H24N2O2/c1-2-8-19(9-3-1)22-14-17(23-19)13-21-12-16-6-4-5-15-11-20-10-7-18(15)16/h4-7,10-11,17,21H,1-3,8-9,12-14H2/t17-/m1/s1. The molecule has 0 bridgehead atoms. The second-order valence-corrected chi connectivity index (χ2v) is 6.67. The van der Waals surface area contributed by atoms with Crippen LogP contribution in [0.25, 0.3) is 10.8 Å². The summed E-state index contributed by atoms with van der Waals surface area (Å²) < 4.78 is 12.2. The highest BCUT2D eigenvalue weighted by Gasteiger charge is 2.41. The van der Waals surface area contributed by atoms with Crippen molar-refractivity contribution in [2.75, 3.05) is 13.2 Å². The zero-order valence-corrected chi connectivity index (χ0v) is 13.5. The molecule has 4 heteroatoms. The minimum absolute atomic E-state index is 0.171. The molecule has 2 fully saturated rings. The van der Waals surface area contributed by atoms with Gasteiger partial charge in [-0.15, -0.1) is 0 Å². The molecule has 1 N–H and O–H groups in total. The van der Waals surface area contributed by atoms with Crippen molar-refractivity contribution >= 4 is 10.8 Å². The highest BCUT2D eigenvalue weighted by atomic mass is 16.7. The van der Waals surface area contributed by atoms with E-state index in [1.165, 1.54) is 35.6 Å². The van der Waals surface area contributed by atoms with Crippen molar-refractivity contribution in [3.63, 3.8) is 0 Å². The molecule has 1 saturated heterocycles. The molecule has 122 valence electrons. The van der Waals surface area contributed by atoms with Crippen LogP contribution in [0, 0.1) is 0 Å². The summed E-state index contributed by atoms with van der Waals surface area (Å²) >= 11 is 0. The molecule has 1 spiro atoms. The van der Waals surface area contributed by atoms with Crippen molar-refractivity contribution in [3.8, 4) is 0 Å². The Balaban J connectivity index is 1.33. The molecule has 0 unspecified atom stereocenters. The number of nitrogens with zero attached hydrogens (tertiary/aromatic N) is 1. The fourth-order valence-electron chi connectivity index (χ4n) is 3.78. The van der Waals surface area contributed by atoms with Crippen LogP contribution in [0.15, 0.2) is 36.7 Å². The number of pyridine rings is 1. The van der Waals surface area contributed by atoms with Gasteiger partial charge in [-0.05, 0) is 29.9 Å². The first kappa shape index (κ1) is 15.1. The maximum Gasteiger partial charge on any atom is 0.168 e. The smallest absolute Gasteiger partial charge is 0.168 e. The lowest BCUT2D eigenvalue weighted by molar-refractivity contribution is -0.186. The summed E-state index contributed by atoms with van der Waals surface area (Å²) in [7, 11) is 0. The summed E-state index contributed by atoms with van der Waals surface area (Å²) in [5.41, 5.74) is 1.30. The highest BCUT2D eigenvalue weighted by Crippen LogP contribution is 2.37. The number of hydrogen-bond acceptors (Lipinski definition) is 4. The molecular formula is C19H24N2O2. The second-order valence-electron chi connectivity index (χ2n) is 6.67. The average Bonchev–Trinajstić information content (AvgIpc) is 2.98. The zero-order valence-electron chi connectivity index (χ0n) is 13.5. The number of hydrogen-bond donors (Lipinski definition) is 1. The third kappa shape index (κ3) is 3.25. The van der Waals surface area contributed by atoms with Crippen molar-refractivity contribution in [1.29, 1.82) is 0 Å². The fourth-order valence-corrected chi connectivity index (χ4v) is 3.78. The number of benzene rings is 1. The maximum absolute atomic E-state index is 6.22. The molecule has 23 heavy (non-hydrogen) atoms. The van der Waals surface area contributed by atoms with Gasteiger partial charge >= 0.3 is 0 Å². The molecule has 0 radical (unpaired) electrons. The first-order valence-electron chi connectivity index (χ1n) is 8.69. The molecule has 1 aromatic heterocycles. The van der Waals surface area contributed by atoms with Crippen molar-refractivity contribution in [2.24, 2.45) is 0 Å². The van der Waals surface area contributed by atoms with E-state index in [9.17, 15) is 0 Å². The Morgan fingerprint density at radius 3 is 3.00 bits per heavy atom. The summed E-state index contributed by atoms with van der Waals surface area (Å²) in [5, 5.41) is 5.99. The van der Waals surface area contributed by atoms with Gasteiger partial charge in [-0.25, -0.2) is 0 Å². The topological polar surface area (TPSA) is 43.4 Å². The Morgan fingerprint density at radius 2 is 2.09 bits per heavy atom. The van der Waals surface area contributed by atoms with Gasteiger partial charge in [0.05, 0.1) is 12.7 Å². The van der Waals surface area contributed by atoms with E-state index in [2.05, 4.69) is 34.6 Å². The van der Waals surface area contributed by atoms with Crippen LogP contribution in [0.5, 0.6) is 0 Å². The van der Waals surface area contributed by atoms with Gasteiger partial charge < -0.3 is 14.8 Å². The summed E-state index contributed by atoms with van der Waals surface area (Å²) in [4.78, 5) is 4.19. The third-order valence-electron chi connectivity index (χ3n) is 4.99. The van der Waals surface area contributed by atoms with Gasteiger partial charge in [0.15, 0.2) is 5.79 Å². The minimum atomic E-state index is -0.268. The normalized spacial score (nSPS) is 23.6. The predicted molar refractivity (Wildman–Crippen MR) is 90.1 cm³/mol. The Morgan fingerprint density at radius 1 is 1.17 bits per heavy atom. The van der Waals surface area contributed by atoms with E-state index < -0.39 is 0 Å². The number of ether oxygens (including phenoxy) is 2. The third-order valence-corrected chi connectivity index (χ3v) is 4.99. The monoisotopic (exact) mass is 312 g/mol. The van der Waals surface area contributed by atoms with Crippen molar-refractivity contribution in [3.05, 3.63) is 42.2 Å². The predicted octanol–water partition coefficient (Wildman–Crippen LogP) is 3.40. The molecule has 1 aromatic carbocycles. The van der Waals surface area contributed by atoms with Gasteiger partial charge in [0.1, 0.15) is 0 Å². The van der Waals surface area contributed by atoms with Gasteiger partial charge in [0.25, 0.3) is 0 Å². The molecule has 0 amide bonds. The van der Waals surface area contributed by atoms with Crippen LogP contribution < -0.4 is 5.32 Å². The molecule has 1 aliphatic heterocycles. The van der Waals surface area contributed by atoms with Crippen LogP contribution >= 0.6 is 0 Å². The quantitative estimate of drug-likeness (QED) is 0.939.